The predicted molar refractivity (Wildman–Crippen MR) is 101 cm³/mol. The molecule has 2 aliphatic rings. The number of aliphatic carboxylic acids is 1. The van der Waals surface area contributed by atoms with E-state index in [2.05, 4.69) is 5.32 Å². The second-order valence-corrected chi connectivity index (χ2v) is 7.18. The van der Waals surface area contributed by atoms with Crippen LogP contribution < -0.4 is 40.0 Å². The zero-order chi connectivity index (χ0) is 20.4. The third-order valence-corrected chi connectivity index (χ3v) is 5.17. The Morgan fingerprint density at radius 2 is 1.77 bits per heavy atom. The fraction of sp³-hybridized carbons (Fsp3) is 0.381. The van der Waals surface area contributed by atoms with Crippen LogP contribution in [0.1, 0.15) is 5.56 Å². The molecule has 2 aromatic carbocycles. The molecule has 1 N–H and O–H groups in total. The summed E-state index contributed by atoms with van der Waals surface area (Å²) in [5, 5.41) is 15.6. The van der Waals surface area contributed by atoms with Gasteiger partial charge in [0.25, 0.3) is 5.91 Å². The fourth-order valence-electron chi connectivity index (χ4n) is 3.55. The van der Waals surface area contributed by atoms with Gasteiger partial charge in [-0.1, -0.05) is 42.5 Å². The van der Waals surface area contributed by atoms with Crippen molar-refractivity contribution in [2.75, 3.05) is 26.3 Å². The second-order valence-electron chi connectivity index (χ2n) is 7.18. The molecule has 2 aromatic rings. The number of hydrogen-bond acceptors (Lipinski definition) is 6. The van der Waals surface area contributed by atoms with E-state index in [4.69, 9.17) is 9.47 Å². The minimum Gasteiger partial charge on any atom is -0.547 e. The van der Waals surface area contributed by atoms with Crippen molar-refractivity contribution >= 4 is 28.6 Å². The molecule has 0 saturated carbocycles. The fourth-order valence-corrected chi connectivity index (χ4v) is 3.55. The first-order chi connectivity index (χ1) is 14.0. The minimum absolute atomic E-state index is 0. The number of carbonyl (C=O) groups is 3. The van der Waals surface area contributed by atoms with Crippen molar-refractivity contribution < 1.29 is 58.5 Å². The Labute approximate surface area is 195 Å². The third-order valence-electron chi connectivity index (χ3n) is 5.17. The van der Waals surface area contributed by atoms with Crippen LogP contribution in [0.3, 0.4) is 0 Å². The number of fused-ring (bicyclic) bond motifs is 1. The molecule has 9 heteroatoms. The molecular weight excluding hydrogens is 399 g/mol. The van der Waals surface area contributed by atoms with E-state index in [0.29, 0.717) is 26.3 Å². The molecule has 0 bridgehead atoms. The van der Waals surface area contributed by atoms with E-state index in [0.717, 1.165) is 16.3 Å². The Hall–Kier alpha value is -1.97. The SMILES string of the molecule is O=C([O-])[C@H]1O[C@@H]1C(=O)N[C@@H](Cc1ccc2ccccc2c1)C(=O)N1CCOCC1.[Na+]. The largest absolute Gasteiger partial charge is 1.00 e. The molecular formula is C21H21N2NaO6. The molecule has 0 aromatic heterocycles. The summed E-state index contributed by atoms with van der Waals surface area (Å²) in [4.78, 5) is 38.0. The van der Waals surface area contributed by atoms with Crippen LogP contribution in [0.2, 0.25) is 0 Å². The first-order valence-electron chi connectivity index (χ1n) is 9.54. The molecule has 2 fully saturated rings. The summed E-state index contributed by atoms with van der Waals surface area (Å²) in [7, 11) is 0. The zero-order valence-electron chi connectivity index (χ0n) is 16.7. The number of morpholine rings is 1. The number of epoxide rings is 1. The summed E-state index contributed by atoms with van der Waals surface area (Å²) >= 11 is 0. The molecule has 0 spiro atoms. The van der Waals surface area contributed by atoms with E-state index in [1.165, 1.54) is 0 Å². The van der Waals surface area contributed by atoms with Crippen LogP contribution in [0.25, 0.3) is 10.8 Å². The van der Waals surface area contributed by atoms with Gasteiger partial charge in [-0.15, -0.1) is 0 Å². The molecule has 0 radical (unpaired) electrons. The van der Waals surface area contributed by atoms with Gasteiger partial charge in [0.05, 0.1) is 19.2 Å². The summed E-state index contributed by atoms with van der Waals surface area (Å²) in [5.41, 5.74) is 0.892. The Morgan fingerprint density at radius 1 is 1.07 bits per heavy atom. The minimum atomic E-state index is -1.43. The maximum absolute atomic E-state index is 13.0. The smallest absolute Gasteiger partial charge is 0.547 e. The molecule has 0 aliphatic carbocycles. The number of rotatable bonds is 6. The number of benzene rings is 2. The van der Waals surface area contributed by atoms with Gasteiger partial charge in [-0.25, -0.2) is 0 Å². The predicted octanol–water partition coefficient (Wildman–Crippen LogP) is -3.75. The van der Waals surface area contributed by atoms with Gasteiger partial charge in [-0.3, -0.25) is 9.59 Å². The number of ether oxygens (including phenoxy) is 2. The quantitative estimate of drug-likeness (QED) is 0.380. The van der Waals surface area contributed by atoms with E-state index in [-0.39, 0.29) is 41.9 Å². The van der Waals surface area contributed by atoms with Crippen molar-refractivity contribution in [3.05, 3.63) is 48.0 Å². The van der Waals surface area contributed by atoms with Crippen LogP contribution in [-0.4, -0.2) is 67.2 Å². The van der Waals surface area contributed by atoms with Crippen molar-refractivity contribution in [3.8, 4) is 0 Å². The summed E-state index contributed by atoms with van der Waals surface area (Å²) in [5.74, 6) is -2.28. The van der Waals surface area contributed by atoms with Gasteiger partial charge < -0.3 is 29.6 Å². The average molecular weight is 420 g/mol. The molecule has 2 aliphatic heterocycles. The van der Waals surface area contributed by atoms with Gasteiger partial charge in [0.1, 0.15) is 12.1 Å². The first-order valence-corrected chi connectivity index (χ1v) is 9.54. The Morgan fingerprint density at radius 3 is 2.43 bits per heavy atom. The number of carboxylic acid groups (broad SMARTS) is 1. The van der Waals surface area contributed by atoms with Gasteiger partial charge in [-0.05, 0) is 16.3 Å². The molecule has 0 unspecified atom stereocenters. The van der Waals surface area contributed by atoms with Crippen molar-refractivity contribution in [2.45, 2.75) is 24.7 Å². The topological polar surface area (TPSA) is 111 Å². The standard InChI is InChI=1S/C21H22N2O6.Na/c24-19(17-18(29-17)21(26)27)22-16(20(25)23-7-9-28-10-8-23)12-13-5-6-14-3-1-2-4-15(14)11-13;/h1-6,11,16-18H,7-10,12H2,(H,22,24)(H,26,27);/q;+1/p-1/t16-,17-,18-;/m0./s1. The second kappa shape index (κ2) is 9.89. The molecule has 2 heterocycles. The number of carboxylic acids is 1. The van der Waals surface area contributed by atoms with Crippen molar-refractivity contribution in [1.82, 2.24) is 10.2 Å². The van der Waals surface area contributed by atoms with Crippen LogP contribution in [0.15, 0.2) is 42.5 Å². The molecule has 2 saturated heterocycles. The number of nitrogens with zero attached hydrogens (tertiary/aromatic N) is 1. The maximum Gasteiger partial charge on any atom is 1.00 e. The van der Waals surface area contributed by atoms with E-state index < -0.39 is 30.1 Å². The first kappa shape index (κ1) is 22.7. The van der Waals surface area contributed by atoms with Gasteiger partial charge in [-0.2, -0.15) is 0 Å². The summed E-state index contributed by atoms with van der Waals surface area (Å²) in [6.45, 7) is 1.79. The van der Waals surface area contributed by atoms with Crippen LogP contribution >= 0.6 is 0 Å². The van der Waals surface area contributed by atoms with Crippen LogP contribution in [-0.2, 0) is 30.3 Å². The number of nitrogens with one attached hydrogen (secondary N) is 1. The van der Waals surface area contributed by atoms with Gasteiger partial charge in [0, 0.05) is 19.5 Å². The van der Waals surface area contributed by atoms with E-state index in [9.17, 15) is 19.5 Å². The number of amides is 2. The van der Waals surface area contributed by atoms with E-state index in [1.54, 1.807) is 4.90 Å². The molecule has 30 heavy (non-hydrogen) atoms. The van der Waals surface area contributed by atoms with Gasteiger partial charge in [0.15, 0.2) is 6.10 Å². The Bertz CT molecular complexity index is 946. The maximum atomic E-state index is 13.0. The van der Waals surface area contributed by atoms with Crippen LogP contribution in [0.4, 0.5) is 0 Å². The summed E-state index contributed by atoms with van der Waals surface area (Å²) < 4.78 is 10.1. The number of hydrogen-bond donors (Lipinski definition) is 1. The van der Waals surface area contributed by atoms with Crippen molar-refractivity contribution in [2.24, 2.45) is 0 Å². The normalized spacial score (nSPS) is 21.4. The number of carbonyl (C=O) groups excluding carboxylic acids is 3. The molecule has 2 amide bonds. The van der Waals surface area contributed by atoms with Gasteiger partial charge >= 0.3 is 29.6 Å². The molecule has 3 atom stereocenters. The monoisotopic (exact) mass is 420 g/mol. The summed E-state index contributed by atoms with van der Waals surface area (Å²) in [6, 6.07) is 12.9. The Kier molecular flexibility index (Phi) is 7.49. The van der Waals surface area contributed by atoms with Crippen molar-refractivity contribution in [1.29, 1.82) is 0 Å². The van der Waals surface area contributed by atoms with Crippen molar-refractivity contribution in [3.63, 3.8) is 0 Å². The molecule has 4 rings (SSSR count). The van der Waals surface area contributed by atoms with Gasteiger partial charge in [0.2, 0.25) is 5.91 Å². The molecule has 152 valence electrons. The van der Waals surface area contributed by atoms with Crippen LogP contribution in [0.5, 0.6) is 0 Å². The van der Waals surface area contributed by atoms with Crippen LogP contribution in [0, 0.1) is 0 Å². The zero-order valence-corrected chi connectivity index (χ0v) is 18.7. The molecule has 8 nitrogen and oxygen atoms in total. The van der Waals surface area contributed by atoms with E-state index >= 15 is 0 Å². The summed E-state index contributed by atoms with van der Waals surface area (Å²) in [6.07, 6.45) is -2.08. The third kappa shape index (κ3) is 5.19. The van der Waals surface area contributed by atoms with E-state index in [1.807, 2.05) is 42.5 Å². The Balaban J connectivity index is 0.00000256. The average Bonchev–Trinajstić information content (AvgIpc) is 3.55.